The molecule has 0 spiro atoms. The minimum Gasteiger partial charge on any atom is -0.382 e. The van der Waals surface area contributed by atoms with E-state index in [9.17, 15) is 22.8 Å². The van der Waals surface area contributed by atoms with E-state index in [1.165, 1.54) is 34.6 Å². The number of allylic oxidation sites excluding steroid dienone is 4. The highest BCUT2D eigenvalue weighted by Gasteiger charge is 2.30. The number of rotatable bonds is 11. The molecule has 0 fully saturated rings. The Morgan fingerprint density at radius 1 is 1.07 bits per heavy atom. The van der Waals surface area contributed by atoms with Crippen LogP contribution in [-0.2, 0) is 17.8 Å². The summed E-state index contributed by atoms with van der Waals surface area (Å²) in [6.45, 7) is 12.3. The number of anilines is 1. The first-order chi connectivity index (χ1) is 19.8. The van der Waals surface area contributed by atoms with Gasteiger partial charge >= 0.3 is 11.9 Å². The van der Waals surface area contributed by atoms with Crippen molar-refractivity contribution in [3.05, 3.63) is 61.2 Å². The Hall–Kier alpha value is -3.64. The number of hydrogen-bond donors (Lipinski definition) is 2. The molecule has 1 aromatic carbocycles. The van der Waals surface area contributed by atoms with Crippen molar-refractivity contribution in [1.82, 2.24) is 19.1 Å². The van der Waals surface area contributed by atoms with Crippen molar-refractivity contribution in [2.45, 2.75) is 73.6 Å². The van der Waals surface area contributed by atoms with E-state index in [2.05, 4.69) is 49.9 Å². The second kappa shape index (κ2) is 12.7. The summed E-state index contributed by atoms with van der Waals surface area (Å²) in [7, 11) is 0. The molecule has 42 heavy (non-hydrogen) atoms. The van der Waals surface area contributed by atoms with E-state index in [-0.39, 0.29) is 22.9 Å². The molecule has 0 bridgehead atoms. The number of H-pyrrole nitrogens is 1. The Bertz CT molecular complexity index is 1730. The van der Waals surface area contributed by atoms with Gasteiger partial charge < -0.3 is 14.3 Å². The fourth-order valence-electron chi connectivity index (χ4n) is 4.94. The first-order valence-electron chi connectivity index (χ1n) is 13.9. The number of carbonyl (C=O) groups is 1. The minimum atomic E-state index is -4.57. The molecule has 0 atom stereocenters. The number of hydrogen-bond acceptors (Lipinski definition) is 5. The number of ether oxygens (including phenoxy) is 1. The van der Waals surface area contributed by atoms with Gasteiger partial charge in [-0.15, -0.1) is 11.3 Å². The van der Waals surface area contributed by atoms with Gasteiger partial charge in [-0.1, -0.05) is 18.1 Å². The highest BCUT2D eigenvalue weighted by atomic mass is 32.1. The molecule has 3 aromatic heterocycles. The van der Waals surface area contributed by atoms with Gasteiger partial charge in [-0.2, -0.15) is 13.2 Å². The summed E-state index contributed by atoms with van der Waals surface area (Å²) in [5.74, 6) is -0.0757. The molecule has 0 saturated heterocycles. The summed E-state index contributed by atoms with van der Waals surface area (Å²) in [6, 6.07) is 6.77. The van der Waals surface area contributed by atoms with Crippen molar-refractivity contribution in [2.75, 3.05) is 18.5 Å². The van der Waals surface area contributed by atoms with Gasteiger partial charge in [0.25, 0.3) is 5.91 Å². The zero-order valence-corrected chi connectivity index (χ0v) is 25.5. The maximum absolute atomic E-state index is 13.4. The van der Waals surface area contributed by atoms with Crippen LogP contribution in [-0.4, -0.2) is 44.4 Å². The van der Waals surface area contributed by atoms with Gasteiger partial charge in [-0.05, 0) is 82.9 Å². The van der Waals surface area contributed by atoms with Gasteiger partial charge in [0.15, 0.2) is 0 Å². The van der Waals surface area contributed by atoms with Crippen molar-refractivity contribution in [3.63, 3.8) is 0 Å². The third kappa shape index (κ3) is 6.70. The number of thiophene rings is 1. The fraction of sp³-hybridized carbons (Fsp3) is 0.433. The molecule has 4 rings (SSSR count). The monoisotopic (exact) mass is 603 g/mol. The summed E-state index contributed by atoms with van der Waals surface area (Å²) in [5.41, 5.74) is 5.18. The number of alkyl halides is 3. The lowest BCUT2D eigenvalue weighted by molar-refractivity contribution is -0.140. The molecule has 0 saturated carbocycles. The Morgan fingerprint density at radius 3 is 2.43 bits per heavy atom. The predicted molar refractivity (Wildman–Crippen MR) is 162 cm³/mol. The minimum absolute atomic E-state index is 0.108. The third-order valence-corrected chi connectivity index (χ3v) is 8.30. The number of benzene rings is 1. The van der Waals surface area contributed by atoms with E-state index >= 15 is 0 Å². The molecule has 4 aromatic rings. The third-order valence-electron chi connectivity index (χ3n) is 7.20. The number of imidazole rings is 2. The van der Waals surface area contributed by atoms with Crippen molar-refractivity contribution in [1.29, 1.82) is 0 Å². The van der Waals surface area contributed by atoms with E-state index in [1.807, 2.05) is 13.0 Å². The number of nitrogens with zero attached hydrogens (tertiary/aromatic N) is 3. The van der Waals surface area contributed by atoms with Gasteiger partial charge in [0.05, 0.1) is 26.9 Å². The Labute approximate surface area is 245 Å². The SMILES string of the molecule is CCOCCCn1c(NC(=O)c2ccc(C(=C(C)C)/C(C)=C(\C)CC)s2)nc2cc3[nH]c(=O)n(CC(F)(F)F)c3cc21. The maximum Gasteiger partial charge on any atom is 0.406 e. The van der Waals surface area contributed by atoms with Crippen LogP contribution >= 0.6 is 11.3 Å². The smallest absolute Gasteiger partial charge is 0.382 e. The molecule has 0 aliphatic carbocycles. The van der Waals surface area contributed by atoms with Crippen LogP contribution in [0.15, 0.2) is 45.8 Å². The topological polar surface area (TPSA) is 93.9 Å². The van der Waals surface area contributed by atoms with Crippen molar-refractivity contribution in [2.24, 2.45) is 0 Å². The van der Waals surface area contributed by atoms with Gasteiger partial charge in [0.2, 0.25) is 5.95 Å². The summed E-state index contributed by atoms with van der Waals surface area (Å²) in [4.78, 5) is 34.3. The predicted octanol–water partition coefficient (Wildman–Crippen LogP) is 7.52. The highest BCUT2D eigenvalue weighted by Crippen LogP contribution is 2.35. The number of halogens is 3. The van der Waals surface area contributed by atoms with E-state index in [0.717, 1.165) is 22.4 Å². The second-order valence-corrected chi connectivity index (χ2v) is 11.5. The molecule has 2 N–H and O–H groups in total. The number of amides is 1. The van der Waals surface area contributed by atoms with E-state index in [4.69, 9.17) is 4.74 Å². The molecular formula is C30H36F3N5O3S. The summed E-state index contributed by atoms with van der Waals surface area (Å²) < 4.78 is 47.5. The molecule has 0 radical (unpaired) electrons. The maximum atomic E-state index is 13.4. The van der Waals surface area contributed by atoms with Crippen LogP contribution in [0.4, 0.5) is 19.1 Å². The number of aromatic nitrogens is 4. The lowest BCUT2D eigenvalue weighted by Gasteiger charge is -2.12. The molecule has 3 heterocycles. The molecule has 226 valence electrons. The summed E-state index contributed by atoms with van der Waals surface area (Å²) in [6.07, 6.45) is -3.06. The molecule has 12 heteroatoms. The van der Waals surface area contributed by atoms with Crippen LogP contribution in [0, 0.1) is 0 Å². The molecule has 0 unspecified atom stereocenters. The number of nitrogens with one attached hydrogen (secondary N) is 2. The second-order valence-electron chi connectivity index (χ2n) is 10.4. The number of aryl methyl sites for hydroxylation is 1. The quantitative estimate of drug-likeness (QED) is 0.137. The first kappa shape index (κ1) is 31.3. The lowest BCUT2D eigenvalue weighted by Crippen LogP contribution is -2.26. The zero-order valence-electron chi connectivity index (χ0n) is 24.7. The molecule has 1 amide bonds. The Morgan fingerprint density at radius 2 is 1.79 bits per heavy atom. The van der Waals surface area contributed by atoms with Gasteiger partial charge in [0.1, 0.15) is 6.54 Å². The Kier molecular flexibility index (Phi) is 9.47. The summed E-state index contributed by atoms with van der Waals surface area (Å²) in [5, 5.41) is 2.91. The number of fused-ring (bicyclic) bond motifs is 2. The van der Waals surface area contributed by atoms with E-state index < -0.39 is 18.4 Å². The zero-order chi connectivity index (χ0) is 30.8. The highest BCUT2D eigenvalue weighted by molar-refractivity contribution is 7.15. The van der Waals surface area contributed by atoms with Crippen LogP contribution < -0.4 is 11.0 Å². The summed E-state index contributed by atoms with van der Waals surface area (Å²) >= 11 is 1.39. The van der Waals surface area contributed by atoms with E-state index in [0.29, 0.717) is 46.7 Å². The van der Waals surface area contributed by atoms with E-state index in [1.54, 1.807) is 10.6 Å². The van der Waals surface area contributed by atoms with Crippen molar-refractivity contribution < 1.29 is 22.7 Å². The van der Waals surface area contributed by atoms with Crippen LogP contribution in [0.1, 0.15) is 68.9 Å². The normalized spacial score (nSPS) is 12.7. The molecular weight excluding hydrogens is 567 g/mol. The lowest BCUT2D eigenvalue weighted by atomic mass is 9.96. The average molecular weight is 604 g/mol. The fourth-order valence-corrected chi connectivity index (χ4v) is 6.06. The van der Waals surface area contributed by atoms with Crippen LogP contribution in [0.5, 0.6) is 0 Å². The van der Waals surface area contributed by atoms with Crippen LogP contribution in [0.2, 0.25) is 0 Å². The first-order valence-corrected chi connectivity index (χ1v) is 14.7. The van der Waals surface area contributed by atoms with Crippen LogP contribution in [0.25, 0.3) is 27.6 Å². The largest absolute Gasteiger partial charge is 0.406 e. The molecule has 0 aliphatic heterocycles. The van der Waals surface area contributed by atoms with Gasteiger partial charge in [-0.25, -0.2) is 9.78 Å². The van der Waals surface area contributed by atoms with Crippen molar-refractivity contribution in [3.8, 4) is 0 Å². The van der Waals surface area contributed by atoms with Gasteiger partial charge in [-0.3, -0.25) is 14.7 Å². The number of aromatic amines is 1. The van der Waals surface area contributed by atoms with Crippen molar-refractivity contribution >= 4 is 50.8 Å². The molecule has 8 nitrogen and oxygen atoms in total. The Balaban J connectivity index is 1.73. The number of carbonyl (C=O) groups excluding carboxylic acids is 1. The standard InChI is InChI=1S/C30H36F3N5O3S/c1-7-18(5)19(6)26(17(3)4)24-10-11-25(42-24)27(39)36-28-34-20-14-21-23(38(29(40)35-21)16-30(31,32)33)15-22(20)37(28)12-9-13-41-8-2/h10-11,14-15H,7-9,12-13,16H2,1-6H3,(H,35,40)(H,34,36,39)/b19-18+. The van der Waals surface area contributed by atoms with Crippen LogP contribution in [0.3, 0.4) is 0 Å². The van der Waals surface area contributed by atoms with Gasteiger partial charge in [0, 0.05) is 24.6 Å². The average Bonchev–Trinajstić information content (AvgIpc) is 3.60. The molecule has 0 aliphatic rings.